The third-order valence-corrected chi connectivity index (χ3v) is 5.35. The molecule has 0 amide bonds. The summed E-state index contributed by atoms with van der Waals surface area (Å²) >= 11 is 0. The minimum atomic E-state index is -3.44. The maximum atomic E-state index is 12.5. The molecule has 0 saturated carbocycles. The lowest BCUT2D eigenvalue weighted by atomic mass is 10.1. The summed E-state index contributed by atoms with van der Waals surface area (Å²) in [5.41, 5.74) is 6.29. The van der Waals surface area contributed by atoms with Crippen molar-refractivity contribution in [2.24, 2.45) is 5.73 Å². The Hall–Kier alpha value is -1.40. The molecule has 0 spiro atoms. The summed E-state index contributed by atoms with van der Waals surface area (Å²) < 4.78 is 27.6. The highest BCUT2D eigenvalue weighted by Crippen LogP contribution is 2.20. The van der Waals surface area contributed by atoms with Crippen molar-refractivity contribution >= 4 is 21.5 Å². The standard InChI is InChI=1S/C16H26N2O3S/c1-3-6-15(7-4-2)22(20,21)18-14-9-5-8-13(12-14)16(19)10-11-17/h5,8-9,12,15,18H,3-4,6-7,10-11,17H2,1-2H3. The van der Waals surface area contributed by atoms with E-state index < -0.39 is 15.3 Å². The predicted molar refractivity (Wildman–Crippen MR) is 90.6 cm³/mol. The monoisotopic (exact) mass is 326 g/mol. The van der Waals surface area contributed by atoms with Crippen molar-refractivity contribution in [2.75, 3.05) is 11.3 Å². The summed E-state index contributed by atoms with van der Waals surface area (Å²) in [5, 5.41) is -0.397. The average Bonchev–Trinajstić information content (AvgIpc) is 2.47. The number of rotatable bonds is 10. The third-order valence-electron chi connectivity index (χ3n) is 3.48. The lowest BCUT2D eigenvalue weighted by Crippen LogP contribution is -2.27. The van der Waals surface area contributed by atoms with Gasteiger partial charge < -0.3 is 5.73 Å². The first-order valence-electron chi connectivity index (χ1n) is 7.79. The number of benzene rings is 1. The highest BCUT2D eigenvalue weighted by molar-refractivity contribution is 7.93. The Bertz CT molecular complexity index is 579. The minimum Gasteiger partial charge on any atom is -0.330 e. The molecular formula is C16H26N2O3S. The topological polar surface area (TPSA) is 89.3 Å². The summed E-state index contributed by atoms with van der Waals surface area (Å²) in [5.74, 6) is -0.0813. The van der Waals surface area contributed by atoms with Crippen LogP contribution in [0, 0.1) is 0 Å². The Labute approximate surface area is 133 Å². The van der Waals surface area contributed by atoms with Gasteiger partial charge in [0.2, 0.25) is 10.0 Å². The Balaban J connectivity index is 2.92. The molecule has 3 N–H and O–H groups in total. The number of anilines is 1. The van der Waals surface area contributed by atoms with Crippen LogP contribution in [0.5, 0.6) is 0 Å². The summed E-state index contributed by atoms with van der Waals surface area (Å²) in [6.07, 6.45) is 3.16. The first-order chi connectivity index (χ1) is 10.4. The number of nitrogens with one attached hydrogen (secondary N) is 1. The molecule has 0 aromatic heterocycles. The molecule has 0 aliphatic rings. The molecule has 1 aromatic carbocycles. The molecule has 0 bridgehead atoms. The molecule has 5 nitrogen and oxygen atoms in total. The zero-order valence-corrected chi connectivity index (χ0v) is 14.2. The second-order valence-corrected chi connectivity index (χ2v) is 7.35. The van der Waals surface area contributed by atoms with Crippen molar-refractivity contribution in [1.82, 2.24) is 0 Å². The molecule has 124 valence electrons. The maximum absolute atomic E-state index is 12.5. The molecule has 0 aliphatic heterocycles. The smallest absolute Gasteiger partial charge is 0.235 e. The van der Waals surface area contributed by atoms with Gasteiger partial charge in [-0.1, -0.05) is 38.8 Å². The first kappa shape index (κ1) is 18.6. The normalized spacial score (nSPS) is 11.6. The number of carbonyl (C=O) groups excluding carboxylic acids is 1. The van der Waals surface area contributed by atoms with E-state index >= 15 is 0 Å². The second-order valence-electron chi connectivity index (χ2n) is 5.39. The Morgan fingerprint density at radius 3 is 2.41 bits per heavy atom. The van der Waals surface area contributed by atoms with Crippen molar-refractivity contribution in [3.63, 3.8) is 0 Å². The van der Waals surface area contributed by atoms with Crippen LogP contribution in [0.3, 0.4) is 0 Å². The van der Waals surface area contributed by atoms with Crippen LogP contribution in [0.2, 0.25) is 0 Å². The summed E-state index contributed by atoms with van der Waals surface area (Å²) in [6, 6.07) is 6.58. The van der Waals surface area contributed by atoms with Crippen LogP contribution in [-0.4, -0.2) is 26.0 Å². The van der Waals surface area contributed by atoms with E-state index in [9.17, 15) is 13.2 Å². The van der Waals surface area contributed by atoms with Crippen LogP contribution in [0.4, 0.5) is 5.69 Å². The molecule has 1 rings (SSSR count). The number of hydrogen-bond donors (Lipinski definition) is 2. The molecule has 1 aromatic rings. The van der Waals surface area contributed by atoms with Crippen LogP contribution < -0.4 is 10.5 Å². The van der Waals surface area contributed by atoms with Crippen molar-refractivity contribution < 1.29 is 13.2 Å². The number of hydrogen-bond acceptors (Lipinski definition) is 4. The van der Waals surface area contributed by atoms with Gasteiger partial charge in [0, 0.05) is 17.7 Å². The van der Waals surface area contributed by atoms with E-state index in [0.29, 0.717) is 24.1 Å². The van der Waals surface area contributed by atoms with Gasteiger partial charge in [-0.25, -0.2) is 8.42 Å². The average molecular weight is 326 g/mol. The van der Waals surface area contributed by atoms with Gasteiger partial charge in [-0.05, 0) is 31.5 Å². The Kier molecular flexibility index (Phi) is 7.55. The molecule has 0 radical (unpaired) electrons. The van der Waals surface area contributed by atoms with Crippen molar-refractivity contribution in [1.29, 1.82) is 0 Å². The maximum Gasteiger partial charge on any atom is 0.235 e. The van der Waals surface area contributed by atoms with E-state index in [2.05, 4.69) is 4.72 Å². The van der Waals surface area contributed by atoms with Gasteiger partial charge in [0.25, 0.3) is 0 Å². The van der Waals surface area contributed by atoms with E-state index in [1.54, 1.807) is 24.3 Å². The van der Waals surface area contributed by atoms with E-state index in [0.717, 1.165) is 12.8 Å². The quantitative estimate of drug-likeness (QED) is 0.647. The molecule has 6 heteroatoms. The SMILES string of the molecule is CCCC(CCC)S(=O)(=O)Nc1cccc(C(=O)CCN)c1. The van der Waals surface area contributed by atoms with Gasteiger partial charge in [-0.15, -0.1) is 0 Å². The zero-order valence-electron chi connectivity index (χ0n) is 13.3. The number of ketones is 1. The van der Waals surface area contributed by atoms with E-state index in [1.807, 2.05) is 13.8 Å². The number of Topliss-reactive ketones (excluding diaryl/α,β-unsaturated/α-hetero) is 1. The molecule has 0 aliphatic carbocycles. The van der Waals surface area contributed by atoms with Crippen molar-refractivity contribution in [2.45, 2.75) is 51.2 Å². The van der Waals surface area contributed by atoms with Crippen LogP contribution in [0.15, 0.2) is 24.3 Å². The van der Waals surface area contributed by atoms with Gasteiger partial charge in [-0.3, -0.25) is 9.52 Å². The van der Waals surface area contributed by atoms with Gasteiger partial charge in [0.15, 0.2) is 5.78 Å². The second kappa shape index (κ2) is 8.90. The molecule has 0 atom stereocenters. The fourth-order valence-electron chi connectivity index (χ4n) is 2.38. The van der Waals surface area contributed by atoms with Gasteiger partial charge in [-0.2, -0.15) is 0 Å². The highest BCUT2D eigenvalue weighted by Gasteiger charge is 2.23. The number of nitrogens with two attached hydrogens (primary N) is 1. The highest BCUT2D eigenvalue weighted by atomic mass is 32.2. The van der Waals surface area contributed by atoms with Crippen molar-refractivity contribution in [3.8, 4) is 0 Å². The van der Waals surface area contributed by atoms with E-state index in [-0.39, 0.29) is 18.7 Å². The van der Waals surface area contributed by atoms with E-state index in [4.69, 9.17) is 5.73 Å². The molecule has 0 heterocycles. The summed E-state index contributed by atoms with van der Waals surface area (Å²) in [7, 11) is -3.44. The van der Waals surface area contributed by atoms with Gasteiger partial charge >= 0.3 is 0 Å². The number of carbonyl (C=O) groups is 1. The molecule has 22 heavy (non-hydrogen) atoms. The van der Waals surface area contributed by atoms with Crippen LogP contribution in [0.1, 0.15) is 56.3 Å². The predicted octanol–water partition coefficient (Wildman–Crippen LogP) is 2.93. The lowest BCUT2D eigenvalue weighted by molar-refractivity contribution is 0.0985. The van der Waals surface area contributed by atoms with Crippen LogP contribution in [0.25, 0.3) is 0 Å². The molecular weight excluding hydrogens is 300 g/mol. The zero-order chi connectivity index (χ0) is 16.6. The van der Waals surface area contributed by atoms with Gasteiger partial charge in [0.05, 0.1) is 5.25 Å². The van der Waals surface area contributed by atoms with Crippen LogP contribution >= 0.6 is 0 Å². The van der Waals surface area contributed by atoms with E-state index in [1.165, 1.54) is 0 Å². The molecule has 0 fully saturated rings. The fourth-order valence-corrected chi connectivity index (χ4v) is 4.09. The Morgan fingerprint density at radius 1 is 1.23 bits per heavy atom. The largest absolute Gasteiger partial charge is 0.330 e. The van der Waals surface area contributed by atoms with Crippen LogP contribution in [-0.2, 0) is 10.0 Å². The third kappa shape index (κ3) is 5.42. The number of sulfonamides is 1. The van der Waals surface area contributed by atoms with Gasteiger partial charge in [0.1, 0.15) is 0 Å². The fraction of sp³-hybridized carbons (Fsp3) is 0.562. The first-order valence-corrected chi connectivity index (χ1v) is 9.34. The summed E-state index contributed by atoms with van der Waals surface area (Å²) in [4.78, 5) is 11.8. The molecule has 0 saturated heterocycles. The minimum absolute atomic E-state index is 0.0813. The Morgan fingerprint density at radius 2 is 1.86 bits per heavy atom. The molecule has 0 unspecified atom stereocenters. The summed E-state index contributed by atoms with van der Waals surface area (Å²) in [6.45, 7) is 4.23. The van der Waals surface area contributed by atoms with Crippen molar-refractivity contribution in [3.05, 3.63) is 29.8 Å². The lowest BCUT2D eigenvalue weighted by Gasteiger charge is -2.18.